The second-order valence-corrected chi connectivity index (χ2v) is 6.30. The monoisotopic (exact) mass is 355 g/mol. The van der Waals surface area contributed by atoms with Crippen LogP contribution in [0.5, 0.6) is 11.5 Å². The number of methoxy groups -OCH3 is 2. The maximum absolute atomic E-state index is 5.45. The third-order valence-electron chi connectivity index (χ3n) is 4.90. The van der Waals surface area contributed by atoms with E-state index < -0.39 is 0 Å². The molecule has 5 nitrogen and oxygen atoms in total. The summed E-state index contributed by atoms with van der Waals surface area (Å²) in [5.41, 5.74) is 4.89. The summed E-state index contributed by atoms with van der Waals surface area (Å²) in [4.78, 5) is 9.04. The lowest BCUT2D eigenvalue weighted by Gasteiger charge is -2.10. The molecule has 0 unspecified atom stereocenters. The number of fused-ring (bicyclic) bond motifs is 4. The lowest BCUT2D eigenvalue weighted by Crippen LogP contribution is -1.97. The smallest absolute Gasteiger partial charge is 0.119 e. The van der Waals surface area contributed by atoms with Crippen LogP contribution in [-0.4, -0.2) is 28.8 Å². The minimum absolute atomic E-state index is 0.821. The Kier molecular flexibility index (Phi) is 3.47. The average Bonchev–Trinajstić information content (AvgIpc) is 3.05. The van der Waals surface area contributed by atoms with Crippen molar-refractivity contribution in [3.63, 3.8) is 0 Å². The van der Waals surface area contributed by atoms with Crippen molar-refractivity contribution < 1.29 is 9.47 Å². The van der Waals surface area contributed by atoms with Gasteiger partial charge in [-0.25, -0.2) is 0 Å². The molecule has 0 aliphatic heterocycles. The number of hydrogen-bond acceptors (Lipinski definition) is 4. The van der Waals surface area contributed by atoms with Crippen LogP contribution >= 0.6 is 0 Å². The highest BCUT2D eigenvalue weighted by atomic mass is 16.5. The van der Waals surface area contributed by atoms with Gasteiger partial charge >= 0.3 is 0 Å². The Balaban J connectivity index is 1.96. The third-order valence-corrected chi connectivity index (χ3v) is 4.90. The second kappa shape index (κ2) is 5.99. The SMILES string of the molecule is COc1ccc2c(c1)c1cc(OC)ccc1n2-c1cccc2nccnc12. The first-order chi connectivity index (χ1) is 13.3. The van der Waals surface area contributed by atoms with Gasteiger partial charge in [0, 0.05) is 23.2 Å². The standard InChI is InChI=1S/C22H17N3O2/c1-26-14-6-8-19-16(12-14)17-13-15(27-2)7-9-20(17)25(19)21-5-3-4-18-22(21)24-11-10-23-18/h3-13H,1-2H3. The fraction of sp³-hybridized carbons (Fsp3) is 0.0909. The van der Waals surface area contributed by atoms with E-state index in [1.807, 2.05) is 24.3 Å². The molecule has 0 amide bonds. The van der Waals surface area contributed by atoms with Crippen LogP contribution in [-0.2, 0) is 0 Å². The first-order valence-electron chi connectivity index (χ1n) is 8.66. The maximum Gasteiger partial charge on any atom is 0.119 e. The molecule has 0 fully saturated rings. The Hall–Kier alpha value is -3.60. The number of ether oxygens (including phenoxy) is 2. The summed E-state index contributed by atoms with van der Waals surface area (Å²) in [6.07, 6.45) is 3.44. The van der Waals surface area contributed by atoms with Crippen molar-refractivity contribution in [2.45, 2.75) is 0 Å². The molecule has 0 aliphatic rings. The second-order valence-electron chi connectivity index (χ2n) is 6.30. The summed E-state index contributed by atoms with van der Waals surface area (Å²) in [5, 5.41) is 2.20. The first kappa shape index (κ1) is 15.6. The van der Waals surface area contributed by atoms with E-state index in [2.05, 4.69) is 44.9 Å². The first-order valence-corrected chi connectivity index (χ1v) is 8.66. The van der Waals surface area contributed by atoms with E-state index in [0.717, 1.165) is 50.0 Å². The fourth-order valence-corrected chi connectivity index (χ4v) is 3.65. The van der Waals surface area contributed by atoms with Crippen LogP contribution in [0.3, 0.4) is 0 Å². The highest BCUT2D eigenvalue weighted by Gasteiger charge is 2.16. The van der Waals surface area contributed by atoms with Crippen LogP contribution in [0, 0.1) is 0 Å². The summed E-state index contributed by atoms with van der Waals surface area (Å²) in [7, 11) is 3.36. The maximum atomic E-state index is 5.45. The minimum Gasteiger partial charge on any atom is -0.497 e. The van der Waals surface area contributed by atoms with E-state index in [1.165, 1.54) is 0 Å². The van der Waals surface area contributed by atoms with Crippen molar-refractivity contribution in [1.29, 1.82) is 0 Å². The third kappa shape index (κ3) is 2.32. The van der Waals surface area contributed by atoms with Gasteiger partial charge in [-0.2, -0.15) is 0 Å². The molecule has 0 radical (unpaired) electrons. The van der Waals surface area contributed by atoms with Crippen molar-refractivity contribution in [2.24, 2.45) is 0 Å². The molecule has 27 heavy (non-hydrogen) atoms. The van der Waals surface area contributed by atoms with E-state index in [0.29, 0.717) is 0 Å². The average molecular weight is 355 g/mol. The molecule has 5 aromatic rings. The van der Waals surface area contributed by atoms with Crippen molar-refractivity contribution in [1.82, 2.24) is 14.5 Å². The summed E-state index contributed by atoms with van der Waals surface area (Å²) in [6, 6.07) is 18.3. The zero-order chi connectivity index (χ0) is 18.4. The van der Waals surface area contributed by atoms with Gasteiger partial charge < -0.3 is 14.0 Å². The molecule has 2 heterocycles. The Labute approximate surface area is 155 Å². The van der Waals surface area contributed by atoms with Crippen LogP contribution in [0.1, 0.15) is 0 Å². The molecule has 0 N–H and O–H groups in total. The molecule has 132 valence electrons. The Morgan fingerprint density at radius 3 is 2.00 bits per heavy atom. The quantitative estimate of drug-likeness (QED) is 0.469. The number of aromatic nitrogens is 3. The molecule has 5 heteroatoms. The topological polar surface area (TPSA) is 49.2 Å². The number of rotatable bonds is 3. The molecular weight excluding hydrogens is 338 g/mol. The van der Waals surface area contributed by atoms with Crippen molar-refractivity contribution >= 4 is 32.8 Å². The Morgan fingerprint density at radius 1 is 0.741 bits per heavy atom. The predicted molar refractivity (Wildman–Crippen MR) is 107 cm³/mol. The molecule has 0 atom stereocenters. The molecule has 0 spiro atoms. The molecule has 5 rings (SSSR count). The van der Waals surface area contributed by atoms with E-state index in [9.17, 15) is 0 Å². The Bertz CT molecular complexity index is 1240. The highest BCUT2D eigenvalue weighted by molar-refractivity contribution is 6.11. The van der Waals surface area contributed by atoms with Gasteiger partial charge in [-0.3, -0.25) is 9.97 Å². The van der Waals surface area contributed by atoms with Gasteiger partial charge in [0.1, 0.15) is 17.0 Å². The van der Waals surface area contributed by atoms with Gasteiger partial charge in [0.2, 0.25) is 0 Å². The normalized spacial score (nSPS) is 11.3. The van der Waals surface area contributed by atoms with Gasteiger partial charge in [-0.1, -0.05) is 6.07 Å². The van der Waals surface area contributed by atoms with Crippen LogP contribution in [0.4, 0.5) is 0 Å². The van der Waals surface area contributed by atoms with Gasteiger partial charge in [0.15, 0.2) is 0 Å². The number of benzene rings is 3. The summed E-state index contributed by atoms with van der Waals surface area (Å²) in [5.74, 6) is 1.64. The zero-order valence-corrected chi connectivity index (χ0v) is 15.0. The molecule has 3 aromatic carbocycles. The number of para-hydroxylation sites is 1. The molecule has 0 saturated heterocycles. The lowest BCUT2D eigenvalue weighted by atomic mass is 10.1. The molecular formula is C22H17N3O2. The largest absolute Gasteiger partial charge is 0.497 e. The molecule has 0 bridgehead atoms. The van der Waals surface area contributed by atoms with E-state index in [4.69, 9.17) is 9.47 Å². The van der Waals surface area contributed by atoms with E-state index >= 15 is 0 Å². The number of nitrogens with zero attached hydrogens (tertiary/aromatic N) is 3. The van der Waals surface area contributed by atoms with Gasteiger partial charge in [0.05, 0.1) is 36.5 Å². The number of hydrogen-bond donors (Lipinski definition) is 0. The van der Waals surface area contributed by atoms with Gasteiger partial charge in [-0.05, 0) is 48.5 Å². The Morgan fingerprint density at radius 2 is 1.37 bits per heavy atom. The van der Waals surface area contributed by atoms with E-state index in [1.54, 1.807) is 26.6 Å². The lowest BCUT2D eigenvalue weighted by molar-refractivity contribution is 0.415. The summed E-state index contributed by atoms with van der Waals surface area (Å²) in [6.45, 7) is 0. The minimum atomic E-state index is 0.821. The van der Waals surface area contributed by atoms with Crippen molar-refractivity contribution in [3.8, 4) is 17.2 Å². The zero-order valence-electron chi connectivity index (χ0n) is 15.0. The summed E-state index contributed by atoms with van der Waals surface area (Å²) >= 11 is 0. The molecule has 2 aromatic heterocycles. The summed E-state index contributed by atoms with van der Waals surface area (Å²) < 4.78 is 13.1. The van der Waals surface area contributed by atoms with E-state index in [-0.39, 0.29) is 0 Å². The molecule has 0 aliphatic carbocycles. The fourth-order valence-electron chi connectivity index (χ4n) is 3.65. The van der Waals surface area contributed by atoms with Crippen molar-refractivity contribution in [3.05, 3.63) is 67.0 Å². The predicted octanol–water partition coefficient (Wildman–Crippen LogP) is 4.74. The van der Waals surface area contributed by atoms with Crippen LogP contribution in [0.15, 0.2) is 67.0 Å². The van der Waals surface area contributed by atoms with Crippen LogP contribution in [0.2, 0.25) is 0 Å². The van der Waals surface area contributed by atoms with Crippen LogP contribution in [0.25, 0.3) is 38.5 Å². The highest BCUT2D eigenvalue weighted by Crippen LogP contribution is 2.37. The van der Waals surface area contributed by atoms with Gasteiger partial charge in [0.25, 0.3) is 0 Å². The van der Waals surface area contributed by atoms with Gasteiger partial charge in [-0.15, -0.1) is 0 Å². The van der Waals surface area contributed by atoms with Crippen LogP contribution < -0.4 is 9.47 Å². The van der Waals surface area contributed by atoms with Crippen molar-refractivity contribution in [2.75, 3.05) is 14.2 Å². The molecule has 0 saturated carbocycles.